The maximum Gasteiger partial charge on any atom is 0.317 e. The molecule has 1 N–H and O–H groups in total. The van der Waals surface area contributed by atoms with Crippen molar-refractivity contribution in [2.45, 2.75) is 56.5 Å². The standard InChI is InChI=1S/C20H28FN5O2/c1-25(11-14-9-13(21)10-26(14)16-3-7-22-12-23-16)19(27)24-17-15-4-8-28-18(15)20(17)5-2-6-20/h3,7,12-15,17-18H,2,4-6,8-11H2,1H3,(H,24,27)/t13-,14-,15?,17?,18?/m0/s1. The summed E-state index contributed by atoms with van der Waals surface area (Å²) in [5.74, 6) is 1.17. The van der Waals surface area contributed by atoms with Gasteiger partial charge in [0.2, 0.25) is 0 Å². The van der Waals surface area contributed by atoms with Crippen LogP contribution in [-0.4, -0.2) is 72.0 Å². The van der Waals surface area contributed by atoms with E-state index in [2.05, 4.69) is 15.3 Å². The molecule has 1 aromatic rings. The summed E-state index contributed by atoms with van der Waals surface area (Å²) >= 11 is 0. The molecule has 4 fully saturated rings. The molecule has 2 amide bonds. The molecule has 2 aliphatic carbocycles. The topological polar surface area (TPSA) is 70.6 Å². The molecule has 3 unspecified atom stereocenters. The minimum atomic E-state index is -0.905. The summed E-state index contributed by atoms with van der Waals surface area (Å²) in [4.78, 5) is 24.8. The van der Waals surface area contributed by atoms with E-state index in [9.17, 15) is 9.18 Å². The smallest absolute Gasteiger partial charge is 0.317 e. The van der Waals surface area contributed by atoms with Gasteiger partial charge in [0.15, 0.2) is 0 Å². The Balaban J connectivity index is 1.23. The number of likely N-dealkylation sites (N-methyl/N-ethyl adjacent to an activating group) is 1. The fourth-order valence-corrected chi connectivity index (χ4v) is 5.86. The Hall–Kier alpha value is -1.96. The van der Waals surface area contributed by atoms with E-state index in [4.69, 9.17) is 4.74 Å². The van der Waals surface area contributed by atoms with Crippen molar-refractivity contribution in [1.29, 1.82) is 0 Å². The summed E-state index contributed by atoms with van der Waals surface area (Å²) in [5.41, 5.74) is 0.169. The molecule has 0 radical (unpaired) electrons. The van der Waals surface area contributed by atoms with Crippen molar-refractivity contribution >= 4 is 11.8 Å². The molecule has 2 saturated heterocycles. The van der Waals surface area contributed by atoms with Crippen molar-refractivity contribution in [3.8, 4) is 0 Å². The Morgan fingerprint density at radius 1 is 1.50 bits per heavy atom. The number of alkyl halides is 1. The molecule has 1 spiro atoms. The number of fused-ring (bicyclic) bond motifs is 2. The van der Waals surface area contributed by atoms with Crippen molar-refractivity contribution in [2.24, 2.45) is 11.3 Å². The Morgan fingerprint density at radius 3 is 3.07 bits per heavy atom. The highest BCUT2D eigenvalue weighted by molar-refractivity contribution is 5.75. The van der Waals surface area contributed by atoms with Gasteiger partial charge in [-0.15, -0.1) is 0 Å². The minimum Gasteiger partial charge on any atom is -0.377 e. The van der Waals surface area contributed by atoms with Crippen LogP contribution in [0.3, 0.4) is 0 Å². The summed E-state index contributed by atoms with van der Waals surface area (Å²) in [6.07, 6.45) is 7.54. The van der Waals surface area contributed by atoms with Gasteiger partial charge in [-0.25, -0.2) is 19.2 Å². The number of halogens is 1. The number of anilines is 1. The highest BCUT2D eigenvalue weighted by atomic mass is 19.1. The number of ether oxygens (including phenoxy) is 1. The number of hydrogen-bond donors (Lipinski definition) is 1. The van der Waals surface area contributed by atoms with Crippen LogP contribution >= 0.6 is 0 Å². The summed E-state index contributed by atoms with van der Waals surface area (Å²) in [7, 11) is 1.80. The van der Waals surface area contributed by atoms with E-state index in [-0.39, 0.29) is 23.5 Å². The van der Waals surface area contributed by atoms with Crippen LogP contribution in [0.2, 0.25) is 0 Å². The molecule has 3 heterocycles. The van der Waals surface area contributed by atoms with Gasteiger partial charge in [0.1, 0.15) is 18.3 Å². The van der Waals surface area contributed by atoms with Gasteiger partial charge in [0, 0.05) is 50.2 Å². The molecule has 2 saturated carbocycles. The molecule has 5 rings (SSSR count). The van der Waals surface area contributed by atoms with Gasteiger partial charge in [-0.2, -0.15) is 0 Å². The lowest BCUT2D eigenvalue weighted by Crippen LogP contribution is -2.72. The zero-order valence-corrected chi connectivity index (χ0v) is 16.3. The summed E-state index contributed by atoms with van der Waals surface area (Å²) < 4.78 is 20.1. The Kier molecular flexibility index (Phi) is 4.41. The van der Waals surface area contributed by atoms with Crippen molar-refractivity contribution in [2.75, 3.05) is 31.6 Å². The van der Waals surface area contributed by atoms with Crippen LogP contribution in [0.15, 0.2) is 18.6 Å². The summed E-state index contributed by atoms with van der Waals surface area (Å²) in [6, 6.07) is 1.87. The highest BCUT2D eigenvalue weighted by Gasteiger charge is 2.67. The number of rotatable bonds is 4. The van der Waals surface area contributed by atoms with Gasteiger partial charge in [-0.3, -0.25) is 0 Å². The third-order valence-corrected chi connectivity index (χ3v) is 7.37. The molecule has 28 heavy (non-hydrogen) atoms. The normalized spacial score (nSPS) is 35.2. The first-order valence-corrected chi connectivity index (χ1v) is 10.4. The Morgan fingerprint density at radius 2 is 2.36 bits per heavy atom. The zero-order valence-electron chi connectivity index (χ0n) is 16.3. The van der Waals surface area contributed by atoms with E-state index in [1.54, 1.807) is 24.2 Å². The van der Waals surface area contributed by atoms with Crippen LogP contribution in [0, 0.1) is 11.3 Å². The molecule has 5 atom stereocenters. The quantitative estimate of drug-likeness (QED) is 0.853. The van der Waals surface area contributed by atoms with Crippen molar-refractivity contribution in [3.63, 3.8) is 0 Å². The molecular weight excluding hydrogens is 361 g/mol. The molecule has 1 aromatic heterocycles. The second-order valence-corrected chi connectivity index (χ2v) is 8.85. The fraction of sp³-hybridized carbons (Fsp3) is 0.750. The van der Waals surface area contributed by atoms with Crippen molar-refractivity contribution in [1.82, 2.24) is 20.2 Å². The number of urea groups is 1. The molecule has 0 aromatic carbocycles. The van der Waals surface area contributed by atoms with Gasteiger partial charge in [-0.1, -0.05) is 6.42 Å². The van der Waals surface area contributed by atoms with Gasteiger partial charge in [0.25, 0.3) is 0 Å². The van der Waals surface area contributed by atoms with Gasteiger partial charge >= 0.3 is 6.03 Å². The van der Waals surface area contributed by atoms with Crippen LogP contribution in [0.4, 0.5) is 15.0 Å². The first-order valence-electron chi connectivity index (χ1n) is 10.4. The predicted molar refractivity (Wildman–Crippen MR) is 102 cm³/mol. The van der Waals surface area contributed by atoms with E-state index in [1.807, 2.05) is 4.90 Å². The largest absolute Gasteiger partial charge is 0.377 e. The van der Waals surface area contributed by atoms with Crippen LogP contribution in [-0.2, 0) is 4.74 Å². The number of hydrogen-bond acceptors (Lipinski definition) is 5. The third-order valence-electron chi connectivity index (χ3n) is 7.37. The summed E-state index contributed by atoms with van der Waals surface area (Å²) in [6.45, 7) is 1.59. The number of aromatic nitrogens is 2. The van der Waals surface area contributed by atoms with Crippen LogP contribution in [0.5, 0.6) is 0 Å². The lowest BCUT2D eigenvalue weighted by atomic mass is 9.46. The number of carbonyl (C=O) groups excluding carboxylic acids is 1. The SMILES string of the molecule is CN(C[C@@H]1C[C@H](F)CN1c1ccncn1)C(=O)NC1C2CCOC2C12CCC2. The van der Waals surface area contributed by atoms with Crippen LogP contribution < -0.4 is 10.2 Å². The van der Waals surface area contributed by atoms with E-state index >= 15 is 0 Å². The maximum absolute atomic E-state index is 14.1. The number of carbonyl (C=O) groups is 1. The van der Waals surface area contributed by atoms with Crippen LogP contribution in [0.25, 0.3) is 0 Å². The molecule has 2 aliphatic heterocycles. The number of nitrogens with one attached hydrogen (secondary N) is 1. The van der Waals surface area contributed by atoms with Crippen LogP contribution in [0.1, 0.15) is 32.1 Å². The van der Waals surface area contributed by atoms with E-state index in [0.29, 0.717) is 37.4 Å². The van der Waals surface area contributed by atoms with Gasteiger partial charge in [-0.05, 0) is 25.3 Å². The second kappa shape index (κ2) is 6.83. The minimum absolute atomic E-state index is 0.0634. The van der Waals surface area contributed by atoms with E-state index in [0.717, 1.165) is 25.9 Å². The van der Waals surface area contributed by atoms with Gasteiger partial charge in [0.05, 0.1) is 18.7 Å². The van der Waals surface area contributed by atoms with Crippen molar-refractivity contribution < 1.29 is 13.9 Å². The Labute approximate surface area is 164 Å². The van der Waals surface area contributed by atoms with E-state index in [1.165, 1.54) is 12.7 Å². The zero-order chi connectivity index (χ0) is 19.3. The number of nitrogens with zero attached hydrogens (tertiary/aromatic N) is 4. The second-order valence-electron chi connectivity index (χ2n) is 8.85. The third kappa shape index (κ3) is 2.76. The monoisotopic (exact) mass is 389 g/mol. The first kappa shape index (κ1) is 18.1. The Bertz CT molecular complexity index is 731. The first-order chi connectivity index (χ1) is 13.6. The molecule has 0 bridgehead atoms. The van der Waals surface area contributed by atoms with Crippen molar-refractivity contribution in [3.05, 3.63) is 18.6 Å². The molecule has 8 heteroatoms. The van der Waals surface area contributed by atoms with Gasteiger partial charge < -0.3 is 19.9 Å². The lowest BCUT2D eigenvalue weighted by molar-refractivity contribution is -0.172. The van der Waals surface area contributed by atoms with E-state index < -0.39 is 6.17 Å². The highest BCUT2D eigenvalue weighted by Crippen LogP contribution is 2.62. The molecule has 4 aliphatic rings. The summed E-state index contributed by atoms with van der Waals surface area (Å²) in [5, 5.41) is 3.29. The molecule has 152 valence electrons. The predicted octanol–water partition coefficient (Wildman–Crippen LogP) is 1.99. The molecule has 7 nitrogen and oxygen atoms in total. The number of amides is 2. The molecular formula is C20H28FN5O2. The lowest BCUT2D eigenvalue weighted by Gasteiger charge is -2.63. The average Bonchev–Trinajstić information content (AvgIpc) is 3.23. The fourth-order valence-electron chi connectivity index (χ4n) is 5.86. The average molecular weight is 389 g/mol. The maximum atomic E-state index is 14.1.